The molecule has 0 amide bonds. The summed E-state index contributed by atoms with van der Waals surface area (Å²) in [6.45, 7) is 8.13. The number of hydrogen-bond acceptors (Lipinski definition) is 3. The Morgan fingerprint density at radius 3 is 2.93 bits per heavy atom. The molecule has 0 bridgehead atoms. The van der Waals surface area contributed by atoms with E-state index in [1.165, 1.54) is 12.8 Å². The molecule has 0 aliphatic carbocycles. The monoisotopic (exact) mass is 200 g/mol. The van der Waals surface area contributed by atoms with Crippen LogP contribution in [0.3, 0.4) is 0 Å². The van der Waals surface area contributed by atoms with Crippen molar-refractivity contribution in [2.24, 2.45) is 11.7 Å². The maximum atomic E-state index is 5.69. The Kier molecular flexibility index (Phi) is 4.85. The van der Waals surface area contributed by atoms with E-state index in [4.69, 9.17) is 10.5 Å². The molecule has 1 saturated heterocycles. The lowest BCUT2D eigenvalue weighted by atomic mass is 10.0. The minimum Gasteiger partial charge on any atom is -0.374 e. The average Bonchev–Trinajstić information content (AvgIpc) is 2.60. The highest BCUT2D eigenvalue weighted by Gasteiger charge is 2.28. The number of rotatable bonds is 6. The summed E-state index contributed by atoms with van der Waals surface area (Å²) in [6, 6.07) is 0. The van der Waals surface area contributed by atoms with Crippen molar-refractivity contribution in [3.8, 4) is 0 Å². The van der Waals surface area contributed by atoms with Gasteiger partial charge in [-0.1, -0.05) is 6.92 Å². The van der Waals surface area contributed by atoms with Gasteiger partial charge < -0.3 is 15.8 Å². The van der Waals surface area contributed by atoms with Crippen LogP contribution in [0.1, 0.15) is 33.1 Å². The minimum atomic E-state index is 0.0892. The molecule has 14 heavy (non-hydrogen) atoms. The molecule has 2 unspecified atom stereocenters. The van der Waals surface area contributed by atoms with Crippen LogP contribution in [0.5, 0.6) is 0 Å². The first-order chi connectivity index (χ1) is 6.66. The summed E-state index contributed by atoms with van der Waals surface area (Å²) >= 11 is 0. The number of nitrogens with one attached hydrogen (secondary N) is 1. The Morgan fingerprint density at radius 2 is 2.36 bits per heavy atom. The third-order valence-corrected chi connectivity index (χ3v) is 3.02. The molecule has 0 radical (unpaired) electrons. The molecule has 3 heteroatoms. The largest absolute Gasteiger partial charge is 0.374 e. The molecule has 0 aromatic heterocycles. The van der Waals surface area contributed by atoms with Crippen LogP contribution in [-0.2, 0) is 4.74 Å². The standard InChI is InChI=1S/C11H24N2O/c1-10(8-12)4-6-13-9-11(2)5-3-7-14-11/h10,13H,3-9,12H2,1-2H3. The van der Waals surface area contributed by atoms with Crippen LogP contribution in [0.15, 0.2) is 0 Å². The molecular formula is C11H24N2O. The zero-order valence-corrected chi connectivity index (χ0v) is 9.51. The molecule has 3 nitrogen and oxygen atoms in total. The first-order valence-corrected chi connectivity index (χ1v) is 5.71. The predicted molar refractivity (Wildman–Crippen MR) is 59.3 cm³/mol. The summed E-state index contributed by atoms with van der Waals surface area (Å²) in [6.07, 6.45) is 3.55. The third kappa shape index (κ3) is 3.95. The van der Waals surface area contributed by atoms with Crippen molar-refractivity contribution >= 4 is 0 Å². The fraction of sp³-hybridized carbons (Fsp3) is 1.00. The Balaban J connectivity index is 2.03. The predicted octanol–water partition coefficient (Wildman–Crippen LogP) is 1.13. The minimum absolute atomic E-state index is 0.0892. The van der Waals surface area contributed by atoms with Crippen molar-refractivity contribution in [3.63, 3.8) is 0 Å². The average molecular weight is 200 g/mol. The summed E-state index contributed by atoms with van der Waals surface area (Å²) in [5, 5.41) is 3.45. The van der Waals surface area contributed by atoms with E-state index in [9.17, 15) is 0 Å². The van der Waals surface area contributed by atoms with E-state index in [0.717, 1.165) is 32.7 Å². The van der Waals surface area contributed by atoms with Gasteiger partial charge in [0.2, 0.25) is 0 Å². The summed E-state index contributed by atoms with van der Waals surface area (Å²) in [5.41, 5.74) is 5.64. The molecule has 0 saturated carbocycles. The van der Waals surface area contributed by atoms with E-state index < -0.39 is 0 Å². The van der Waals surface area contributed by atoms with Crippen molar-refractivity contribution in [2.45, 2.75) is 38.7 Å². The fourth-order valence-electron chi connectivity index (χ4n) is 1.80. The van der Waals surface area contributed by atoms with Gasteiger partial charge in [0.05, 0.1) is 5.60 Å². The van der Waals surface area contributed by atoms with Gasteiger partial charge in [-0.3, -0.25) is 0 Å². The van der Waals surface area contributed by atoms with Gasteiger partial charge in [0.25, 0.3) is 0 Å². The van der Waals surface area contributed by atoms with E-state index in [-0.39, 0.29) is 5.60 Å². The molecule has 1 rings (SSSR count). The number of ether oxygens (including phenoxy) is 1. The molecule has 84 valence electrons. The Hall–Kier alpha value is -0.120. The van der Waals surface area contributed by atoms with E-state index in [2.05, 4.69) is 19.2 Å². The fourth-order valence-corrected chi connectivity index (χ4v) is 1.80. The summed E-state index contributed by atoms with van der Waals surface area (Å²) in [4.78, 5) is 0. The first kappa shape index (κ1) is 12.0. The quantitative estimate of drug-likeness (QED) is 0.632. The molecule has 0 aromatic carbocycles. The molecule has 0 spiro atoms. The highest BCUT2D eigenvalue weighted by molar-refractivity contribution is 4.82. The Morgan fingerprint density at radius 1 is 1.57 bits per heavy atom. The molecular weight excluding hydrogens is 176 g/mol. The van der Waals surface area contributed by atoms with Gasteiger partial charge in [-0.05, 0) is 45.2 Å². The van der Waals surface area contributed by atoms with Crippen molar-refractivity contribution in [2.75, 3.05) is 26.2 Å². The maximum Gasteiger partial charge on any atom is 0.0779 e. The van der Waals surface area contributed by atoms with Crippen LogP contribution in [0.25, 0.3) is 0 Å². The maximum absolute atomic E-state index is 5.69. The molecule has 0 aromatic rings. The van der Waals surface area contributed by atoms with Gasteiger partial charge in [0, 0.05) is 13.2 Å². The van der Waals surface area contributed by atoms with Gasteiger partial charge in [0.15, 0.2) is 0 Å². The van der Waals surface area contributed by atoms with Crippen molar-refractivity contribution < 1.29 is 4.74 Å². The van der Waals surface area contributed by atoms with Crippen molar-refractivity contribution in [1.82, 2.24) is 5.32 Å². The van der Waals surface area contributed by atoms with Gasteiger partial charge >= 0.3 is 0 Å². The normalized spacial score (nSPS) is 29.4. The molecule has 2 atom stereocenters. The van der Waals surface area contributed by atoms with Crippen LogP contribution >= 0.6 is 0 Å². The smallest absolute Gasteiger partial charge is 0.0779 e. The van der Waals surface area contributed by atoms with Crippen LogP contribution in [0.4, 0.5) is 0 Å². The molecule has 1 fully saturated rings. The van der Waals surface area contributed by atoms with Crippen molar-refractivity contribution in [3.05, 3.63) is 0 Å². The Bertz CT molecular complexity index is 155. The molecule has 1 aliphatic rings. The van der Waals surface area contributed by atoms with E-state index in [1.807, 2.05) is 0 Å². The summed E-state index contributed by atoms with van der Waals surface area (Å²) in [7, 11) is 0. The lowest BCUT2D eigenvalue weighted by Gasteiger charge is -2.23. The lowest BCUT2D eigenvalue weighted by molar-refractivity contribution is 0.0208. The second kappa shape index (κ2) is 5.69. The van der Waals surface area contributed by atoms with E-state index in [0.29, 0.717) is 5.92 Å². The van der Waals surface area contributed by atoms with Crippen LogP contribution < -0.4 is 11.1 Å². The first-order valence-electron chi connectivity index (χ1n) is 5.71. The third-order valence-electron chi connectivity index (χ3n) is 3.02. The van der Waals surface area contributed by atoms with Gasteiger partial charge in [-0.15, -0.1) is 0 Å². The highest BCUT2D eigenvalue weighted by Crippen LogP contribution is 2.23. The van der Waals surface area contributed by atoms with Crippen LogP contribution in [0.2, 0.25) is 0 Å². The van der Waals surface area contributed by atoms with Gasteiger partial charge in [-0.25, -0.2) is 0 Å². The topological polar surface area (TPSA) is 47.3 Å². The zero-order chi connectivity index (χ0) is 10.4. The SMILES string of the molecule is CC(CN)CCNCC1(C)CCCO1. The highest BCUT2D eigenvalue weighted by atomic mass is 16.5. The van der Waals surface area contributed by atoms with Crippen LogP contribution in [0, 0.1) is 5.92 Å². The second-order valence-corrected chi connectivity index (χ2v) is 4.71. The zero-order valence-electron chi connectivity index (χ0n) is 9.51. The molecule has 1 aliphatic heterocycles. The number of hydrogen-bond donors (Lipinski definition) is 2. The van der Waals surface area contributed by atoms with Crippen molar-refractivity contribution in [1.29, 1.82) is 0 Å². The van der Waals surface area contributed by atoms with Crippen LogP contribution in [-0.4, -0.2) is 31.8 Å². The van der Waals surface area contributed by atoms with Gasteiger partial charge in [-0.2, -0.15) is 0 Å². The molecule has 3 N–H and O–H groups in total. The summed E-state index contributed by atoms with van der Waals surface area (Å²) in [5.74, 6) is 0.625. The van der Waals surface area contributed by atoms with Gasteiger partial charge in [0.1, 0.15) is 0 Å². The van der Waals surface area contributed by atoms with E-state index >= 15 is 0 Å². The summed E-state index contributed by atoms with van der Waals surface area (Å²) < 4.78 is 5.69. The lowest BCUT2D eigenvalue weighted by Crippen LogP contribution is -2.38. The Labute approximate surface area is 87.4 Å². The second-order valence-electron chi connectivity index (χ2n) is 4.71. The molecule has 1 heterocycles. The number of nitrogens with two attached hydrogens (primary N) is 1. The van der Waals surface area contributed by atoms with E-state index in [1.54, 1.807) is 0 Å².